The van der Waals surface area contributed by atoms with Gasteiger partial charge in [0.2, 0.25) is 0 Å². The molecule has 0 atom stereocenters. The zero-order chi connectivity index (χ0) is 5.70. The average Bonchev–Trinajstić information content (AvgIpc) is 1.61. The molecule has 39 valence electrons. The van der Waals surface area contributed by atoms with Crippen LogP contribution in [0, 0.1) is 24.7 Å². The third-order valence-corrected chi connectivity index (χ3v) is 0.707. The summed E-state index contributed by atoms with van der Waals surface area (Å²) >= 11 is 0. The molecule has 1 radical (unpaired) electrons. The van der Waals surface area contributed by atoms with Crippen LogP contribution in [0.2, 0.25) is 0 Å². The highest BCUT2D eigenvalue weighted by Gasteiger charge is 1.88. The number of hydrogen-bond acceptors (Lipinski definition) is 0. The van der Waals surface area contributed by atoms with E-state index in [0.717, 1.165) is 6.42 Å². The lowest BCUT2D eigenvalue weighted by atomic mass is 10.1. The molecule has 0 aliphatic rings. The Bertz CT molecular complexity index is 64.6. The van der Waals surface area contributed by atoms with Gasteiger partial charge in [0.05, 0.1) is 0 Å². The molecule has 0 heterocycles. The SMILES string of the molecule is C#C[CH]CC(C)C. The maximum Gasteiger partial charge on any atom is 0.0340 e. The average molecular weight is 95.2 g/mol. The van der Waals surface area contributed by atoms with Crippen molar-refractivity contribution in [2.24, 2.45) is 5.92 Å². The molecule has 0 bridgehead atoms. The fourth-order valence-electron chi connectivity index (χ4n) is 0.304. The van der Waals surface area contributed by atoms with Crippen molar-refractivity contribution in [3.8, 4) is 12.3 Å². The molecule has 0 aromatic heterocycles. The van der Waals surface area contributed by atoms with Gasteiger partial charge in [0, 0.05) is 6.42 Å². The van der Waals surface area contributed by atoms with Crippen molar-refractivity contribution in [2.75, 3.05) is 0 Å². The maximum absolute atomic E-state index is 4.97. The van der Waals surface area contributed by atoms with Crippen LogP contribution in [0.1, 0.15) is 20.3 Å². The van der Waals surface area contributed by atoms with E-state index in [2.05, 4.69) is 19.8 Å². The van der Waals surface area contributed by atoms with Gasteiger partial charge in [-0.3, -0.25) is 0 Å². The first-order chi connectivity index (χ1) is 3.27. The van der Waals surface area contributed by atoms with E-state index in [1.54, 1.807) is 0 Å². The topological polar surface area (TPSA) is 0 Å². The van der Waals surface area contributed by atoms with E-state index in [4.69, 9.17) is 6.42 Å². The second-order valence-corrected chi connectivity index (χ2v) is 2.00. The molecule has 0 unspecified atom stereocenters. The van der Waals surface area contributed by atoms with Crippen LogP contribution < -0.4 is 0 Å². The highest BCUT2D eigenvalue weighted by Crippen LogP contribution is 1.99. The Morgan fingerprint density at radius 3 is 2.43 bits per heavy atom. The summed E-state index contributed by atoms with van der Waals surface area (Å²) in [4.78, 5) is 0. The smallest absolute Gasteiger partial charge is 0.0340 e. The van der Waals surface area contributed by atoms with Crippen molar-refractivity contribution < 1.29 is 0 Å². The minimum absolute atomic E-state index is 0.705. The summed E-state index contributed by atoms with van der Waals surface area (Å²) in [5.41, 5.74) is 0. The Balaban J connectivity index is 2.86. The van der Waals surface area contributed by atoms with Gasteiger partial charge in [-0.05, 0) is 12.3 Å². The fourth-order valence-corrected chi connectivity index (χ4v) is 0.304. The summed E-state index contributed by atoms with van der Waals surface area (Å²) in [5.74, 6) is 3.18. The molecule has 0 fully saturated rings. The van der Waals surface area contributed by atoms with Gasteiger partial charge in [-0.15, -0.1) is 12.3 Å². The number of terminal acetylenes is 1. The summed E-state index contributed by atoms with van der Waals surface area (Å²) in [7, 11) is 0. The van der Waals surface area contributed by atoms with Crippen LogP contribution in [0.25, 0.3) is 0 Å². The lowest BCUT2D eigenvalue weighted by molar-refractivity contribution is 0.649. The van der Waals surface area contributed by atoms with Crippen molar-refractivity contribution in [3.63, 3.8) is 0 Å². The quantitative estimate of drug-likeness (QED) is 0.459. The Hall–Kier alpha value is -0.440. The van der Waals surface area contributed by atoms with E-state index in [1.165, 1.54) is 0 Å². The molecule has 0 aliphatic carbocycles. The van der Waals surface area contributed by atoms with E-state index in [9.17, 15) is 0 Å². The Morgan fingerprint density at radius 1 is 1.71 bits per heavy atom. The van der Waals surface area contributed by atoms with Crippen LogP contribution in [0.15, 0.2) is 0 Å². The highest BCUT2D eigenvalue weighted by molar-refractivity contribution is 5.00. The Labute approximate surface area is 45.9 Å². The highest BCUT2D eigenvalue weighted by atomic mass is 13.9. The number of hydrogen-bond donors (Lipinski definition) is 0. The molecule has 0 aromatic rings. The van der Waals surface area contributed by atoms with Crippen LogP contribution in [0.3, 0.4) is 0 Å². The van der Waals surface area contributed by atoms with E-state index < -0.39 is 0 Å². The predicted molar refractivity (Wildman–Crippen MR) is 32.6 cm³/mol. The Kier molecular flexibility index (Phi) is 3.50. The molecule has 0 saturated carbocycles. The molecule has 7 heavy (non-hydrogen) atoms. The summed E-state index contributed by atoms with van der Waals surface area (Å²) in [6, 6.07) is 0. The fraction of sp³-hybridized carbons (Fsp3) is 0.571. The maximum atomic E-state index is 4.97. The standard InChI is InChI=1S/C7H11/c1-4-5-6-7(2)3/h1,5,7H,6H2,2-3H3. The molecule has 0 nitrogen and oxygen atoms in total. The first-order valence-electron chi connectivity index (χ1n) is 2.55. The normalized spacial score (nSPS) is 8.86. The van der Waals surface area contributed by atoms with Gasteiger partial charge in [0.25, 0.3) is 0 Å². The molecule has 0 saturated heterocycles. The summed E-state index contributed by atoms with van der Waals surface area (Å²) in [5, 5.41) is 0. The van der Waals surface area contributed by atoms with Gasteiger partial charge in [-0.2, -0.15) is 0 Å². The predicted octanol–water partition coefficient (Wildman–Crippen LogP) is 1.87. The molecule has 0 amide bonds. The summed E-state index contributed by atoms with van der Waals surface area (Å²) in [6.07, 6.45) is 7.86. The van der Waals surface area contributed by atoms with E-state index in [-0.39, 0.29) is 0 Å². The summed E-state index contributed by atoms with van der Waals surface area (Å²) in [6.45, 7) is 4.29. The van der Waals surface area contributed by atoms with Gasteiger partial charge in [0.1, 0.15) is 0 Å². The van der Waals surface area contributed by atoms with Crippen molar-refractivity contribution >= 4 is 0 Å². The minimum Gasteiger partial charge on any atom is -0.120 e. The van der Waals surface area contributed by atoms with Crippen LogP contribution in [-0.2, 0) is 0 Å². The van der Waals surface area contributed by atoms with Crippen LogP contribution in [0.4, 0.5) is 0 Å². The van der Waals surface area contributed by atoms with Gasteiger partial charge >= 0.3 is 0 Å². The molecule has 0 N–H and O–H groups in total. The first-order valence-corrected chi connectivity index (χ1v) is 2.55. The van der Waals surface area contributed by atoms with E-state index in [1.807, 2.05) is 6.42 Å². The number of rotatable bonds is 2. The molecule has 0 aliphatic heterocycles. The second-order valence-electron chi connectivity index (χ2n) is 2.00. The lowest BCUT2D eigenvalue weighted by Crippen LogP contribution is -1.83. The van der Waals surface area contributed by atoms with Crippen LogP contribution in [0.5, 0.6) is 0 Å². The third kappa shape index (κ3) is 5.56. The molecular formula is C7H11. The minimum atomic E-state index is 0.705. The lowest BCUT2D eigenvalue weighted by Gasteiger charge is -1.95. The van der Waals surface area contributed by atoms with Crippen LogP contribution in [-0.4, -0.2) is 0 Å². The second kappa shape index (κ2) is 3.74. The van der Waals surface area contributed by atoms with Crippen molar-refractivity contribution in [2.45, 2.75) is 20.3 Å². The molecule has 0 rings (SSSR count). The van der Waals surface area contributed by atoms with E-state index in [0.29, 0.717) is 5.92 Å². The molecule has 0 spiro atoms. The zero-order valence-electron chi connectivity index (χ0n) is 4.94. The Morgan fingerprint density at radius 2 is 2.29 bits per heavy atom. The molecule has 0 heteroatoms. The largest absolute Gasteiger partial charge is 0.120 e. The van der Waals surface area contributed by atoms with Crippen molar-refractivity contribution in [3.05, 3.63) is 6.42 Å². The van der Waals surface area contributed by atoms with Gasteiger partial charge in [-0.25, -0.2) is 0 Å². The van der Waals surface area contributed by atoms with Crippen LogP contribution >= 0.6 is 0 Å². The zero-order valence-corrected chi connectivity index (χ0v) is 4.94. The van der Waals surface area contributed by atoms with E-state index >= 15 is 0 Å². The summed E-state index contributed by atoms with van der Waals surface area (Å²) < 4.78 is 0. The van der Waals surface area contributed by atoms with Gasteiger partial charge in [0.15, 0.2) is 0 Å². The third-order valence-electron chi connectivity index (χ3n) is 0.707. The van der Waals surface area contributed by atoms with Gasteiger partial charge in [-0.1, -0.05) is 13.8 Å². The molecule has 0 aromatic carbocycles. The monoisotopic (exact) mass is 95.1 g/mol. The first kappa shape index (κ1) is 6.56. The molecular weight excluding hydrogens is 84.1 g/mol. The van der Waals surface area contributed by atoms with Gasteiger partial charge < -0.3 is 0 Å². The van der Waals surface area contributed by atoms with Crippen molar-refractivity contribution in [1.29, 1.82) is 0 Å². The van der Waals surface area contributed by atoms with Crippen molar-refractivity contribution in [1.82, 2.24) is 0 Å².